The second-order valence-corrected chi connectivity index (χ2v) is 10.9. The van der Waals surface area contributed by atoms with Crippen LogP contribution in [0.1, 0.15) is 42.9 Å². The van der Waals surface area contributed by atoms with Gasteiger partial charge >= 0.3 is 0 Å². The fourth-order valence-corrected chi connectivity index (χ4v) is 6.39. The zero-order valence-corrected chi connectivity index (χ0v) is 22.7. The van der Waals surface area contributed by atoms with Gasteiger partial charge in [-0.1, -0.05) is 25.1 Å². The number of hydrogen-bond acceptors (Lipinski definition) is 5. The highest BCUT2D eigenvalue weighted by Crippen LogP contribution is 2.38. The molecule has 3 atom stereocenters. The predicted octanol–water partition coefficient (Wildman–Crippen LogP) is 5.72. The molecule has 2 aromatic carbocycles. The summed E-state index contributed by atoms with van der Waals surface area (Å²) in [4.78, 5) is 4.79. The molecule has 0 amide bonds. The van der Waals surface area contributed by atoms with Gasteiger partial charge in [-0.3, -0.25) is 9.80 Å². The summed E-state index contributed by atoms with van der Waals surface area (Å²) in [7, 11) is 1.71. The Balaban J connectivity index is 1.27. The summed E-state index contributed by atoms with van der Waals surface area (Å²) in [6, 6.07) is 11.3. The van der Waals surface area contributed by atoms with Crippen LogP contribution in [0.2, 0.25) is 0 Å². The Hall–Kier alpha value is -2.83. The van der Waals surface area contributed by atoms with Gasteiger partial charge in [0, 0.05) is 19.1 Å². The number of likely N-dealkylation sites (tertiary alicyclic amines) is 1. The number of nitrogens with zero attached hydrogens (tertiary/aromatic N) is 2. The number of phenols is 1. The maximum atomic E-state index is 15.0. The lowest BCUT2D eigenvalue weighted by Crippen LogP contribution is -2.43. The smallest absolute Gasteiger partial charge is 0.165 e. The molecule has 38 heavy (non-hydrogen) atoms. The molecule has 5 rings (SSSR count). The summed E-state index contributed by atoms with van der Waals surface area (Å²) >= 11 is 0. The number of halogens is 1. The number of rotatable bonds is 10. The highest BCUT2D eigenvalue weighted by Gasteiger charge is 2.34. The first-order valence-corrected chi connectivity index (χ1v) is 14.2. The van der Waals surface area contributed by atoms with Gasteiger partial charge in [-0.25, -0.2) is 4.39 Å². The minimum Gasteiger partial charge on any atom is -0.508 e. The van der Waals surface area contributed by atoms with Crippen molar-refractivity contribution in [3.63, 3.8) is 0 Å². The molecule has 2 aliphatic carbocycles. The molecule has 0 bridgehead atoms. The number of aryl methyl sites for hydroxylation is 1. The predicted molar refractivity (Wildman–Crippen MR) is 149 cm³/mol. The Morgan fingerprint density at radius 3 is 2.71 bits per heavy atom. The quantitative estimate of drug-likeness (QED) is 0.434. The van der Waals surface area contributed by atoms with Crippen molar-refractivity contribution < 1.29 is 19.0 Å². The van der Waals surface area contributed by atoms with E-state index in [1.54, 1.807) is 25.3 Å². The van der Waals surface area contributed by atoms with E-state index in [-0.39, 0.29) is 11.9 Å². The summed E-state index contributed by atoms with van der Waals surface area (Å²) in [5.74, 6) is 2.08. The molecule has 1 N–H and O–H groups in total. The third-order valence-electron chi connectivity index (χ3n) is 8.52. The van der Waals surface area contributed by atoms with Crippen molar-refractivity contribution in [3.05, 3.63) is 82.9 Å². The molecule has 0 saturated carbocycles. The number of hydrogen-bond donors (Lipinski definition) is 1. The lowest BCUT2D eigenvalue weighted by Gasteiger charge is -2.41. The molecule has 2 unspecified atom stereocenters. The Morgan fingerprint density at radius 2 is 1.95 bits per heavy atom. The number of ether oxygens (including phenoxy) is 2. The van der Waals surface area contributed by atoms with Crippen LogP contribution in [-0.4, -0.2) is 60.8 Å². The molecule has 204 valence electrons. The van der Waals surface area contributed by atoms with Crippen molar-refractivity contribution >= 4 is 0 Å². The molecule has 2 aromatic rings. The van der Waals surface area contributed by atoms with E-state index < -0.39 is 0 Å². The molecule has 5 nitrogen and oxygen atoms in total. The van der Waals surface area contributed by atoms with Crippen LogP contribution in [0.5, 0.6) is 11.5 Å². The van der Waals surface area contributed by atoms with Gasteiger partial charge < -0.3 is 14.6 Å². The molecule has 1 fully saturated rings. The van der Waals surface area contributed by atoms with E-state index in [0.29, 0.717) is 36.5 Å². The molecule has 1 saturated heterocycles. The number of fused-ring (bicyclic) bond motifs is 1. The van der Waals surface area contributed by atoms with Crippen molar-refractivity contribution in [2.45, 2.75) is 51.6 Å². The topological polar surface area (TPSA) is 45.2 Å². The van der Waals surface area contributed by atoms with Crippen molar-refractivity contribution in [2.75, 3.05) is 39.9 Å². The second kappa shape index (κ2) is 12.4. The summed E-state index contributed by atoms with van der Waals surface area (Å²) < 4.78 is 26.4. The number of likely N-dealkylation sites (N-methyl/N-ethyl adjacent to an activating group) is 1. The monoisotopic (exact) mass is 520 g/mol. The maximum Gasteiger partial charge on any atom is 0.165 e. The summed E-state index contributed by atoms with van der Waals surface area (Å²) in [6.45, 7) is 7.26. The van der Waals surface area contributed by atoms with Gasteiger partial charge in [0.25, 0.3) is 0 Å². The SMILES string of the molecule is CCN(Cc1ccc(OCCN2CCCC2)c(F)c1)C1C=C(OC)C=CC1[C@@H]1CCc2cc(O)ccc2C1. The second-order valence-electron chi connectivity index (χ2n) is 10.9. The lowest BCUT2D eigenvalue weighted by molar-refractivity contribution is 0.147. The average molecular weight is 521 g/mol. The van der Waals surface area contributed by atoms with E-state index in [2.05, 4.69) is 41.0 Å². The number of allylic oxidation sites excluding steroid dienone is 1. The minimum absolute atomic E-state index is 0.156. The van der Waals surface area contributed by atoms with Crippen LogP contribution in [0.4, 0.5) is 4.39 Å². The highest BCUT2D eigenvalue weighted by molar-refractivity contribution is 5.37. The van der Waals surface area contributed by atoms with Gasteiger partial charge in [0.15, 0.2) is 11.6 Å². The summed E-state index contributed by atoms with van der Waals surface area (Å²) in [6.07, 6.45) is 12.2. The third-order valence-corrected chi connectivity index (χ3v) is 8.52. The van der Waals surface area contributed by atoms with Crippen molar-refractivity contribution in [2.24, 2.45) is 11.8 Å². The molecule has 6 heteroatoms. The number of methoxy groups -OCH3 is 1. The van der Waals surface area contributed by atoms with E-state index in [1.807, 2.05) is 12.1 Å². The van der Waals surface area contributed by atoms with Crippen LogP contribution in [0.15, 0.2) is 60.4 Å². The fourth-order valence-electron chi connectivity index (χ4n) is 6.39. The van der Waals surface area contributed by atoms with Gasteiger partial charge in [-0.15, -0.1) is 0 Å². The minimum atomic E-state index is -0.291. The first-order chi connectivity index (χ1) is 18.5. The van der Waals surface area contributed by atoms with Gasteiger partial charge in [-0.05, 0) is 117 Å². The Morgan fingerprint density at radius 1 is 1.11 bits per heavy atom. The van der Waals surface area contributed by atoms with Crippen LogP contribution in [0.25, 0.3) is 0 Å². The van der Waals surface area contributed by atoms with Crippen molar-refractivity contribution in [1.29, 1.82) is 0 Å². The van der Waals surface area contributed by atoms with Crippen molar-refractivity contribution in [1.82, 2.24) is 9.80 Å². The largest absolute Gasteiger partial charge is 0.508 e. The van der Waals surface area contributed by atoms with Gasteiger partial charge in [0.2, 0.25) is 0 Å². The van der Waals surface area contributed by atoms with Crippen LogP contribution >= 0.6 is 0 Å². The number of phenolic OH excluding ortho intramolecular Hbond substituents is 1. The average Bonchev–Trinajstić information content (AvgIpc) is 3.46. The molecular weight excluding hydrogens is 479 g/mol. The van der Waals surface area contributed by atoms with E-state index in [1.165, 1.54) is 24.0 Å². The molecule has 1 aliphatic heterocycles. The van der Waals surface area contributed by atoms with Crippen LogP contribution < -0.4 is 4.74 Å². The van der Waals surface area contributed by atoms with Gasteiger partial charge in [0.1, 0.15) is 18.1 Å². The Bertz CT molecular complexity index is 1160. The van der Waals surface area contributed by atoms with E-state index >= 15 is 0 Å². The third kappa shape index (κ3) is 6.24. The Kier molecular flexibility index (Phi) is 8.70. The molecular formula is C32H41FN2O3. The van der Waals surface area contributed by atoms with Crippen LogP contribution in [0, 0.1) is 17.7 Å². The zero-order chi connectivity index (χ0) is 26.5. The molecule has 3 aliphatic rings. The van der Waals surface area contributed by atoms with Gasteiger partial charge in [-0.2, -0.15) is 0 Å². The zero-order valence-electron chi connectivity index (χ0n) is 22.7. The normalized spacial score (nSPS) is 23.4. The summed E-state index contributed by atoms with van der Waals surface area (Å²) in [5.41, 5.74) is 3.54. The maximum absolute atomic E-state index is 15.0. The van der Waals surface area contributed by atoms with Crippen molar-refractivity contribution in [3.8, 4) is 11.5 Å². The fraction of sp³-hybridized carbons (Fsp3) is 0.500. The molecule has 0 radical (unpaired) electrons. The first-order valence-electron chi connectivity index (χ1n) is 14.2. The van der Waals surface area contributed by atoms with Crippen LogP contribution in [0.3, 0.4) is 0 Å². The number of benzene rings is 2. The molecule has 1 heterocycles. The molecule has 0 aromatic heterocycles. The standard InChI is InChI=1S/C32H41FN2O3/c1-3-35(22-23-6-13-32(30(33)18-23)38-17-16-34-14-4-5-15-34)31-21-28(37-2)11-12-29(31)26-8-7-25-20-27(36)10-9-24(25)19-26/h6,9-13,18,20-21,26,29,31,36H,3-5,7-8,14-17,19,22H2,1-2H3/t26-,29?,31?/m1/s1. The molecule has 0 spiro atoms. The Labute approximate surface area is 226 Å². The number of aromatic hydroxyl groups is 1. The highest BCUT2D eigenvalue weighted by atomic mass is 19.1. The lowest BCUT2D eigenvalue weighted by atomic mass is 9.72. The van der Waals surface area contributed by atoms with Gasteiger partial charge in [0.05, 0.1) is 7.11 Å². The van der Waals surface area contributed by atoms with E-state index in [9.17, 15) is 9.50 Å². The first kappa shape index (κ1) is 26.8. The summed E-state index contributed by atoms with van der Waals surface area (Å²) in [5, 5.41) is 9.89. The van der Waals surface area contributed by atoms with E-state index in [0.717, 1.165) is 56.8 Å². The van der Waals surface area contributed by atoms with E-state index in [4.69, 9.17) is 9.47 Å². The van der Waals surface area contributed by atoms with Crippen LogP contribution in [-0.2, 0) is 24.1 Å².